The van der Waals surface area contributed by atoms with Crippen molar-refractivity contribution in [1.82, 2.24) is 20.2 Å². The number of benzene rings is 3. The van der Waals surface area contributed by atoms with Crippen LogP contribution < -0.4 is 5.32 Å². The Hall–Kier alpha value is -3.79. The summed E-state index contributed by atoms with van der Waals surface area (Å²) in [6.45, 7) is 17.3. The average Bonchev–Trinajstić information content (AvgIpc) is 3.52. The summed E-state index contributed by atoms with van der Waals surface area (Å²) in [5.41, 5.74) is 8.44. The third-order valence-electron chi connectivity index (χ3n) is 7.95. The number of hydrogen-bond donors (Lipinski definition) is 2. The van der Waals surface area contributed by atoms with Gasteiger partial charge in [-0.25, -0.2) is 4.98 Å². The quantitative estimate of drug-likeness (QED) is 0.213. The Kier molecular flexibility index (Phi) is 10.6. The summed E-state index contributed by atoms with van der Waals surface area (Å²) < 4.78 is 0. The molecule has 1 heterocycles. The number of imidazole rings is 1. The molecule has 2 N–H and O–H groups in total. The van der Waals surface area contributed by atoms with Crippen molar-refractivity contribution in [3.8, 4) is 0 Å². The average molecular weight is 535 g/mol. The van der Waals surface area contributed by atoms with Crippen LogP contribution in [0.4, 0.5) is 0 Å². The highest BCUT2D eigenvalue weighted by atomic mass is 15.1. The highest BCUT2D eigenvalue weighted by Gasteiger charge is 2.16. The number of rotatable bonds is 10. The van der Waals surface area contributed by atoms with E-state index in [2.05, 4.69) is 115 Å². The smallest absolute Gasteiger partial charge is 0.0921 e. The van der Waals surface area contributed by atoms with Crippen molar-refractivity contribution in [2.24, 2.45) is 0 Å². The number of hydrogen-bond acceptors (Lipinski definition) is 3. The van der Waals surface area contributed by atoms with E-state index in [1.165, 1.54) is 70.8 Å². The molecule has 4 aromatic rings. The van der Waals surface area contributed by atoms with E-state index in [9.17, 15) is 0 Å². The van der Waals surface area contributed by atoms with Crippen LogP contribution >= 0.6 is 0 Å². The van der Waals surface area contributed by atoms with Crippen molar-refractivity contribution < 1.29 is 0 Å². The lowest BCUT2D eigenvalue weighted by Gasteiger charge is -2.28. The van der Waals surface area contributed by atoms with Gasteiger partial charge in [-0.2, -0.15) is 0 Å². The van der Waals surface area contributed by atoms with Crippen LogP contribution in [0.25, 0.3) is 22.2 Å². The second-order valence-corrected chi connectivity index (χ2v) is 10.9. The number of nitrogens with one attached hydrogen (secondary N) is 2. The predicted octanol–water partition coefficient (Wildman–Crippen LogP) is 8.90. The topological polar surface area (TPSA) is 44.0 Å². The third kappa shape index (κ3) is 7.65. The molecule has 4 heteroatoms. The van der Waals surface area contributed by atoms with Crippen molar-refractivity contribution >= 4 is 22.2 Å². The minimum Gasteiger partial charge on any atom is -0.382 e. The van der Waals surface area contributed by atoms with Crippen LogP contribution in [0.3, 0.4) is 0 Å². The van der Waals surface area contributed by atoms with E-state index in [4.69, 9.17) is 0 Å². The molecular weight excluding hydrogens is 488 g/mol. The van der Waals surface area contributed by atoms with Crippen LogP contribution in [0, 0.1) is 6.92 Å². The van der Waals surface area contributed by atoms with Gasteiger partial charge >= 0.3 is 0 Å². The molecule has 0 bridgehead atoms. The summed E-state index contributed by atoms with van der Waals surface area (Å²) in [5, 5.41) is 6.21. The van der Waals surface area contributed by atoms with Crippen molar-refractivity contribution in [2.45, 2.75) is 78.3 Å². The molecule has 1 aromatic heterocycles. The fourth-order valence-electron chi connectivity index (χ4n) is 5.55. The van der Waals surface area contributed by atoms with Gasteiger partial charge in [0.05, 0.1) is 6.33 Å². The second kappa shape index (κ2) is 14.6. The molecule has 4 nitrogen and oxygen atoms in total. The van der Waals surface area contributed by atoms with E-state index in [1.807, 2.05) is 6.20 Å². The minimum absolute atomic E-state index is 0.579. The first-order chi connectivity index (χ1) is 19.5. The van der Waals surface area contributed by atoms with Gasteiger partial charge in [0.25, 0.3) is 0 Å². The summed E-state index contributed by atoms with van der Waals surface area (Å²) in [6, 6.07) is 22.5. The zero-order chi connectivity index (χ0) is 28.3. The highest BCUT2D eigenvalue weighted by Crippen LogP contribution is 2.29. The molecule has 0 aliphatic heterocycles. The van der Waals surface area contributed by atoms with Gasteiger partial charge in [0, 0.05) is 48.0 Å². The van der Waals surface area contributed by atoms with Gasteiger partial charge in [-0.05, 0) is 66.1 Å². The first-order valence-corrected chi connectivity index (χ1v) is 14.9. The predicted molar refractivity (Wildman–Crippen MR) is 172 cm³/mol. The van der Waals surface area contributed by atoms with Crippen LogP contribution in [0.5, 0.6) is 0 Å². The largest absolute Gasteiger partial charge is 0.382 e. The first kappa shape index (κ1) is 29.2. The molecule has 0 spiro atoms. The number of fused-ring (bicyclic) bond motifs is 1. The van der Waals surface area contributed by atoms with E-state index in [-0.39, 0.29) is 0 Å². The Balaban J connectivity index is 0.000000461. The Bertz CT molecular complexity index is 1370. The normalized spacial score (nSPS) is 13.4. The molecule has 210 valence electrons. The molecule has 1 aliphatic carbocycles. The molecular formula is C36H46N4. The number of aromatic amines is 1. The van der Waals surface area contributed by atoms with Crippen LogP contribution in [-0.2, 0) is 13.0 Å². The summed E-state index contributed by atoms with van der Waals surface area (Å²) in [4.78, 5) is 9.24. The summed E-state index contributed by atoms with van der Waals surface area (Å²) in [5.74, 6) is 0. The van der Waals surface area contributed by atoms with Crippen LogP contribution in [0.2, 0.25) is 0 Å². The molecule has 1 fully saturated rings. The molecule has 0 saturated heterocycles. The zero-order valence-corrected chi connectivity index (χ0v) is 24.7. The maximum absolute atomic E-state index is 4.53. The van der Waals surface area contributed by atoms with Gasteiger partial charge in [0.15, 0.2) is 0 Å². The molecule has 0 atom stereocenters. The fourth-order valence-corrected chi connectivity index (χ4v) is 5.55. The minimum atomic E-state index is 0.579. The number of aromatic nitrogens is 2. The number of nitrogens with zero attached hydrogens (tertiary/aromatic N) is 2. The Morgan fingerprint density at radius 3 is 2.45 bits per heavy atom. The Labute approximate surface area is 241 Å². The van der Waals surface area contributed by atoms with Gasteiger partial charge < -0.3 is 15.2 Å². The van der Waals surface area contributed by atoms with Gasteiger partial charge in [-0.3, -0.25) is 0 Å². The molecule has 0 radical (unpaired) electrons. The summed E-state index contributed by atoms with van der Waals surface area (Å²) in [7, 11) is 0. The number of H-pyrrole nitrogens is 1. The molecule has 1 aliphatic rings. The van der Waals surface area contributed by atoms with Crippen LogP contribution in [-0.4, -0.2) is 27.5 Å². The van der Waals surface area contributed by atoms with Crippen LogP contribution in [0.1, 0.15) is 80.3 Å². The summed E-state index contributed by atoms with van der Waals surface area (Å²) >= 11 is 0. The van der Waals surface area contributed by atoms with Crippen molar-refractivity contribution in [3.63, 3.8) is 0 Å². The monoisotopic (exact) mass is 534 g/mol. The lowest BCUT2D eigenvalue weighted by Crippen LogP contribution is -2.29. The Morgan fingerprint density at radius 1 is 1.00 bits per heavy atom. The SMILES string of the molecule is C=C(NC1CCCCC1)c1ccc(CN(CCC)C(=C)c2cccc3ccccc23)c(C)c1.CCc1cnc[nH]1. The van der Waals surface area contributed by atoms with Gasteiger partial charge in [0.2, 0.25) is 0 Å². The second-order valence-electron chi connectivity index (χ2n) is 10.9. The molecule has 0 unspecified atom stereocenters. The molecule has 5 rings (SSSR count). The first-order valence-electron chi connectivity index (χ1n) is 14.9. The molecule has 3 aromatic carbocycles. The lowest BCUT2D eigenvalue weighted by molar-refractivity contribution is 0.390. The van der Waals surface area contributed by atoms with Crippen molar-refractivity contribution in [1.29, 1.82) is 0 Å². The maximum Gasteiger partial charge on any atom is 0.0921 e. The zero-order valence-electron chi connectivity index (χ0n) is 24.7. The standard InChI is InChI=1S/C31H38N2.C5H8N2/c1-5-20-33(25(4)30-17-11-13-26-12-9-10-16-31(26)30)22-28-19-18-27(21-23(28)2)24(3)32-29-14-7-6-8-15-29;1-2-5-3-6-4-7-5/h9-13,16-19,21,29,32H,3-8,14-15,20,22H2,1-2H3;3-4H,2H2,1H3,(H,6,7). The third-order valence-corrected chi connectivity index (χ3v) is 7.95. The molecule has 1 saturated carbocycles. The van der Waals surface area contributed by atoms with Gasteiger partial charge in [-0.15, -0.1) is 0 Å². The van der Waals surface area contributed by atoms with E-state index in [0.29, 0.717) is 6.04 Å². The highest BCUT2D eigenvalue weighted by molar-refractivity contribution is 5.93. The van der Waals surface area contributed by atoms with Gasteiger partial charge in [-0.1, -0.05) is 101 Å². The van der Waals surface area contributed by atoms with E-state index in [0.717, 1.165) is 37.3 Å². The molecule has 40 heavy (non-hydrogen) atoms. The number of aryl methyl sites for hydroxylation is 2. The maximum atomic E-state index is 4.53. The van der Waals surface area contributed by atoms with E-state index in [1.54, 1.807) is 6.33 Å². The van der Waals surface area contributed by atoms with Crippen molar-refractivity contribution in [2.75, 3.05) is 6.54 Å². The van der Waals surface area contributed by atoms with Crippen molar-refractivity contribution in [3.05, 3.63) is 114 Å². The lowest BCUT2D eigenvalue weighted by atomic mass is 9.94. The Morgan fingerprint density at radius 2 is 1.77 bits per heavy atom. The summed E-state index contributed by atoms with van der Waals surface area (Å²) in [6.07, 6.45) is 12.2. The van der Waals surface area contributed by atoms with Gasteiger partial charge in [0.1, 0.15) is 0 Å². The molecule has 0 amide bonds. The van der Waals surface area contributed by atoms with Crippen LogP contribution in [0.15, 0.2) is 86.3 Å². The van der Waals surface area contributed by atoms with E-state index >= 15 is 0 Å². The van der Waals surface area contributed by atoms with E-state index < -0.39 is 0 Å². The fraction of sp³-hybridized carbons (Fsp3) is 0.361.